The molecular weight excluding hydrogens is 268 g/mol. The zero-order chi connectivity index (χ0) is 11.2. The summed E-state index contributed by atoms with van der Waals surface area (Å²) in [5.41, 5.74) is 1.25. The second-order valence-electron chi connectivity index (χ2n) is 4.15. The average molecular weight is 285 g/mol. The summed E-state index contributed by atoms with van der Waals surface area (Å²) in [4.78, 5) is 0. The van der Waals surface area contributed by atoms with Gasteiger partial charge in [-0.15, -0.1) is 0 Å². The summed E-state index contributed by atoms with van der Waals surface area (Å²) < 4.78 is 11.1. The SMILES string of the molecule is BrCc1cccc(OCC2CCOCC2)c1. The van der Waals surface area contributed by atoms with Crippen molar-refractivity contribution in [2.75, 3.05) is 19.8 Å². The lowest BCUT2D eigenvalue weighted by Gasteiger charge is -2.22. The van der Waals surface area contributed by atoms with Crippen molar-refractivity contribution < 1.29 is 9.47 Å². The number of hydrogen-bond donors (Lipinski definition) is 0. The molecule has 88 valence electrons. The highest BCUT2D eigenvalue weighted by molar-refractivity contribution is 9.08. The highest BCUT2D eigenvalue weighted by atomic mass is 79.9. The first kappa shape index (κ1) is 11.9. The summed E-state index contributed by atoms with van der Waals surface area (Å²) in [6.45, 7) is 2.58. The van der Waals surface area contributed by atoms with E-state index in [9.17, 15) is 0 Å². The van der Waals surface area contributed by atoms with Gasteiger partial charge in [0.2, 0.25) is 0 Å². The Morgan fingerprint density at radius 2 is 2.12 bits per heavy atom. The van der Waals surface area contributed by atoms with Gasteiger partial charge in [0.05, 0.1) is 6.61 Å². The number of rotatable bonds is 4. The lowest BCUT2D eigenvalue weighted by atomic mass is 10.0. The van der Waals surface area contributed by atoms with Crippen LogP contribution in [-0.4, -0.2) is 19.8 Å². The fraction of sp³-hybridized carbons (Fsp3) is 0.538. The van der Waals surface area contributed by atoms with Gasteiger partial charge in [0.1, 0.15) is 5.75 Å². The van der Waals surface area contributed by atoms with Crippen LogP contribution in [0.5, 0.6) is 5.75 Å². The van der Waals surface area contributed by atoms with Crippen LogP contribution in [0, 0.1) is 5.92 Å². The number of ether oxygens (including phenoxy) is 2. The normalized spacial score (nSPS) is 17.3. The topological polar surface area (TPSA) is 18.5 Å². The number of benzene rings is 1. The van der Waals surface area contributed by atoms with Gasteiger partial charge in [0, 0.05) is 18.5 Å². The molecule has 0 amide bonds. The largest absolute Gasteiger partial charge is 0.493 e. The summed E-state index contributed by atoms with van der Waals surface area (Å²) in [7, 11) is 0. The van der Waals surface area contributed by atoms with E-state index in [0.717, 1.165) is 43.7 Å². The third-order valence-electron chi connectivity index (χ3n) is 2.88. The molecule has 0 N–H and O–H groups in total. The van der Waals surface area contributed by atoms with Gasteiger partial charge >= 0.3 is 0 Å². The van der Waals surface area contributed by atoms with Crippen molar-refractivity contribution >= 4 is 15.9 Å². The molecule has 1 heterocycles. The Bertz CT molecular complexity index is 321. The van der Waals surface area contributed by atoms with Gasteiger partial charge in [0.15, 0.2) is 0 Å². The van der Waals surface area contributed by atoms with Crippen LogP contribution in [0.15, 0.2) is 24.3 Å². The molecule has 16 heavy (non-hydrogen) atoms. The molecule has 0 unspecified atom stereocenters. The van der Waals surface area contributed by atoms with Gasteiger partial charge in [0.25, 0.3) is 0 Å². The van der Waals surface area contributed by atoms with Crippen LogP contribution < -0.4 is 4.74 Å². The minimum atomic E-state index is 0.654. The van der Waals surface area contributed by atoms with Crippen LogP contribution in [0.2, 0.25) is 0 Å². The molecule has 0 aromatic heterocycles. The van der Waals surface area contributed by atoms with Gasteiger partial charge in [-0.2, -0.15) is 0 Å². The summed E-state index contributed by atoms with van der Waals surface area (Å²) in [5.74, 6) is 1.63. The molecule has 1 fully saturated rings. The summed E-state index contributed by atoms with van der Waals surface area (Å²) in [6.07, 6.45) is 2.25. The third kappa shape index (κ3) is 3.49. The molecule has 0 atom stereocenters. The van der Waals surface area contributed by atoms with Crippen molar-refractivity contribution in [3.63, 3.8) is 0 Å². The Morgan fingerprint density at radius 1 is 1.31 bits per heavy atom. The minimum absolute atomic E-state index is 0.654. The van der Waals surface area contributed by atoms with Crippen LogP contribution in [-0.2, 0) is 10.1 Å². The summed E-state index contributed by atoms with van der Waals surface area (Å²) in [5, 5.41) is 0.876. The van der Waals surface area contributed by atoms with Crippen LogP contribution in [0.1, 0.15) is 18.4 Å². The van der Waals surface area contributed by atoms with Gasteiger partial charge in [-0.05, 0) is 36.5 Å². The van der Waals surface area contributed by atoms with E-state index in [4.69, 9.17) is 9.47 Å². The van der Waals surface area contributed by atoms with Crippen molar-refractivity contribution in [3.05, 3.63) is 29.8 Å². The maximum absolute atomic E-state index is 5.81. The van der Waals surface area contributed by atoms with Crippen LogP contribution in [0.25, 0.3) is 0 Å². The molecular formula is C13H17BrO2. The van der Waals surface area contributed by atoms with Gasteiger partial charge < -0.3 is 9.47 Å². The van der Waals surface area contributed by atoms with Crippen molar-refractivity contribution in [1.29, 1.82) is 0 Å². The molecule has 2 rings (SSSR count). The third-order valence-corrected chi connectivity index (χ3v) is 3.53. The van der Waals surface area contributed by atoms with E-state index in [-0.39, 0.29) is 0 Å². The number of halogens is 1. The molecule has 1 aliphatic heterocycles. The monoisotopic (exact) mass is 284 g/mol. The Balaban J connectivity index is 1.83. The van der Waals surface area contributed by atoms with Crippen LogP contribution in [0.3, 0.4) is 0 Å². The molecule has 3 heteroatoms. The smallest absolute Gasteiger partial charge is 0.119 e. The van der Waals surface area contributed by atoms with Crippen LogP contribution >= 0.6 is 15.9 Å². The molecule has 2 nitrogen and oxygen atoms in total. The second-order valence-corrected chi connectivity index (χ2v) is 4.71. The molecule has 1 saturated heterocycles. The first-order valence-electron chi connectivity index (χ1n) is 5.74. The van der Waals surface area contributed by atoms with Crippen LogP contribution in [0.4, 0.5) is 0 Å². The van der Waals surface area contributed by atoms with E-state index in [1.807, 2.05) is 12.1 Å². The van der Waals surface area contributed by atoms with Gasteiger partial charge in [-0.3, -0.25) is 0 Å². The first-order chi connectivity index (χ1) is 7.88. The molecule has 1 aromatic carbocycles. The van der Waals surface area contributed by atoms with Crippen molar-refractivity contribution in [1.82, 2.24) is 0 Å². The maximum atomic E-state index is 5.81. The summed E-state index contributed by atoms with van der Waals surface area (Å²) in [6, 6.07) is 8.24. The predicted octanol–water partition coefficient (Wildman–Crippen LogP) is 3.39. The molecule has 0 aliphatic carbocycles. The Hall–Kier alpha value is -0.540. The van der Waals surface area contributed by atoms with Crippen molar-refractivity contribution in [2.45, 2.75) is 18.2 Å². The van der Waals surface area contributed by atoms with Gasteiger partial charge in [-0.1, -0.05) is 28.1 Å². The quantitative estimate of drug-likeness (QED) is 0.789. The van der Waals surface area contributed by atoms with E-state index >= 15 is 0 Å². The second kappa shape index (κ2) is 6.26. The first-order valence-corrected chi connectivity index (χ1v) is 6.86. The minimum Gasteiger partial charge on any atom is -0.493 e. The molecule has 0 radical (unpaired) electrons. The molecule has 1 aromatic rings. The molecule has 0 spiro atoms. The van der Waals surface area contributed by atoms with E-state index in [2.05, 4.69) is 28.1 Å². The maximum Gasteiger partial charge on any atom is 0.119 e. The standard InChI is InChI=1S/C13H17BrO2/c14-9-12-2-1-3-13(8-12)16-10-11-4-6-15-7-5-11/h1-3,8,11H,4-7,9-10H2. The fourth-order valence-corrected chi connectivity index (χ4v) is 2.19. The summed E-state index contributed by atoms with van der Waals surface area (Å²) >= 11 is 3.45. The van der Waals surface area contributed by atoms with Gasteiger partial charge in [-0.25, -0.2) is 0 Å². The number of hydrogen-bond acceptors (Lipinski definition) is 2. The molecule has 0 bridgehead atoms. The Morgan fingerprint density at radius 3 is 2.88 bits per heavy atom. The van der Waals surface area contributed by atoms with Crippen molar-refractivity contribution in [2.24, 2.45) is 5.92 Å². The van der Waals surface area contributed by atoms with E-state index in [1.165, 1.54) is 5.56 Å². The zero-order valence-corrected chi connectivity index (χ0v) is 10.9. The highest BCUT2D eigenvalue weighted by Crippen LogP contribution is 2.19. The average Bonchev–Trinajstić information content (AvgIpc) is 2.38. The molecule has 1 aliphatic rings. The van der Waals surface area contributed by atoms with E-state index in [1.54, 1.807) is 0 Å². The van der Waals surface area contributed by atoms with Crippen molar-refractivity contribution in [3.8, 4) is 5.75 Å². The Labute approximate surface area is 105 Å². The lowest BCUT2D eigenvalue weighted by Crippen LogP contribution is -2.21. The highest BCUT2D eigenvalue weighted by Gasteiger charge is 2.14. The number of alkyl halides is 1. The Kier molecular flexibility index (Phi) is 4.67. The fourth-order valence-electron chi connectivity index (χ4n) is 1.85. The predicted molar refractivity (Wildman–Crippen MR) is 68.1 cm³/mol. The zero-order valence-electron chi connectivity index (χ0n) is 9.32. The molecule has 0 saturated carbocycles. The lowest BCUT2D eigenvalue weighted by molar-refractivity contribution is 0.0497. The van der Waals surface area contributed by atoms with E-state index in [0.29, 0.717) is 5.92 Å². The van der Waals surface area contributed by atoms with E-state index < -0.39 is 0 Å².